The predicted octanol–water partition coefficient (Wildman–Crippen LogP) is 1.75. The number of carbonyl (C=O) groups excluding carboxylic acids is 1. The lowest BCUT2D eigenvalue weighted by Crippen LogP contribution is -2.44. The van der Waals surface area contributed by atoms with Crippen LogP contribution in [0.4, 0.5) is 4.79 Å². The third kappa shape index (κ3) is 5.87. The van der Waals surface area contributed by atoms with E-state index >= 15 is 0 Å². The van der Waals surface area contributed by atoms with Crippen molar-refractivity contribution < 1.29 is 24.2 Å². The van der Waals surface area contributed by atoms with E-state index in [1.165, 1.54) is 0 Å². The van der Waals surface area contributed by atoms with Crippen molar-refractivity contribution in [2.75, 3.05) is 0 Å². The Balaban J connectivity index is 2.42. The molecule has 0 aromatic heterocycles. The van der Waals surface area contributed by atoms with Gasteiger partial charge in [-0.3, -0.25) is 5.32 Å². The molecule has 0 radical (unpaired) electrons. The molecule has 0 aliphatic carbocycles. The van der Waals surface area contributed by atoms with Crippen molar-refractivity contribution in [3.05, 3.63) is 35.9 Å². The standard InChI is InChI=1S/C13H17NO5/c1-9(2)19-11(12(15)16)14-13(17)18-8-10-6-4-3-5-7-10/h3-7,9,11H,8H2,1-2H3,(H,14,17)(H,15,16)/t11-/m1/s1. The number of ether oxygens (including phenoxy) is 2. The average molecular weight is 267 g/mol. The summed E-state index contributed by atoms with van der Waals surface area (Å²) in [5.41, 5.74) is 0.814. The SMILES string of the molecule is CC(C)O[C@@H](NC(=O)OCc1ccccc1)C(=O)O. The van der Waals surface area contributed by atoms with Crippen molar-refractivity contribution in [3.63, 3.8) is 0 Å². The van der Waals surface area contributed by atoms with Gasteiger partial charge in [-0.2, -0.15) is 0 Å². The number of rotatable bonds is 6. The zero-order valence-corrected chi connectivity index (χ0v) is 10.8. The topological polar surface area (TPSA) is 84.9 Å². The summed E-state index contributed by atoms with van der Waals surface area (Å²) in [4.78, 5) is 22.3. The first-order valence-electron chi connectivity index (χ1n) is 5.84. The normalized spacial score (nSPS) is 11.9. The van der Waals surface area contributed by atoms with E-state index in [-0.39, 0.29) is 12.7 Å². The molecule has 0 aliphatic heterocycles. The molecule has 0 bridgehead atoms. The minimum Gasteiger partial charge on any atom is -0.478 e. The summed E-state index contributed by atoms with van der Waals surface area (Å²) < 4.78 is 9.92. The van der Waals surface area contributed by atoms with E-state index in [0.29, 0.717) is 0 Å². The van der Waals surface area contributed by atoms with Crippen LogP contribution in [0.3, 0.4) is 0 Å². The molecule has 0 aliphatic rings. The number of alkyl carbamates (subject to hydrolysis) is 1. The Morgan fingerprint density at radius 2 is 1.89 bits per heavy atom. The van der Waals surface area contributed by atoms with Gasteiger partial charge in [0.05, 0.1) is 6.10 Å². The van der Waals surface area contributed by atoms with Crippen LogP contribution in [-0.2, 0) is 20.9 Å². The Labute approximate surface area is 111 Å². The highest BCUT2D eigenvalue weighted by atomic mass is 16.6. The van der Waals surface area contributed by atoms with Crippen molar-refractivity contribution in [2.45, 2.75) is 32.8 Å². The van der Waals surface area contributed by atoms with Gasteiger partial charge in [0, 0.05) is 0 Å². The maximum atomic E-state index is 11.4. The molecule has 1 amide bonds. The fourth-order valence-electron chi connectivity index (χ4n) is 1.30. The number of aliphatic carboxylic acids is 1. The van der Waals surface area contributed by atoms with Crippen molar-refractivity contribution >= 4 is 12.1 Å². The number of benzene rings is 1. The van der Waals surface area contributed by atoms with Gasteiger partial charge in [-0.05, 0) is 19.4 Å². The molecule has 0 saturated heterocycles. The Hall–Kier alpha value is -2.08. The smallest absolute Gasteiger partial charge is 0.409 e. The van der Waals surface area contributed by atoms with Crippen LogP contribution in [-0.4, -0.2) is 29.5 Å². The van der Waals surface area contributed by atoms with Gasteiger partial charge < -0.3 is 14.6 Å². The fourth-order valence-corrected chi connectivity index (χ4v) is 1.30. The number of hydrogen-bond acceptors (Lipinski definition) is 4. The van der Waals surface area contributed by atoms with E-state index in [0.717, 1.165) is 5.56 Å². The second kappa shape index (κ2) is 7.38. The molecule has 0 heterocycles. The minimum absolute atomic E-state index is 0.0701. The fraction of sp³-hybridized carbons (Fsp3) is 0.385. The molecular formula is C13H17NO5. The Morgan fingerprint density at radius 1 is 1.26 bits per heavy atom. The molecule has 0 fully saturated rings. The summed E-state index contributed by atoms with van der Waals surface area (Å²) in [7, 11) is 0. The average Bonchev–Trinajstić information content (AvgIpc) is 2.36. The van der Waals surface area contributed by atoms with E-state index in [1.54, 1.807) is 26.0 Å². The lowest BCUT2D eigenvalue weighted by molar-refractivity contribution is -0.155. The monoisotopic (exact) mass is 267 g/mol. The summed E-state index contributed by atoms with van der Waals surface area (Å²) in [6.45, 7) is 3.42. The summed E-state index contributed by atoms with van der Waals surface area (Å²) in [6, 6.07) is 9.08. The highest BCUT2D eigenvalue weighted by Crippen LogP contribution is 2.01. The van der Waals surface area contributed by atoms with Crippen LogP contribution in [0.5, 0.6) is 0 Å². The van der Waals surface area contributed by atoms with Crippen LogP contribution < -0.4 is 5.32 Å². The predicted molar refractivity (Wildman–Crippen MR) is 67.4 cm³/mol. The van der Waals surface area contributed by atoms with E-state index in [2.05, 4.69) is 5.32 Å². The number of carboxylic acids is 1. The van der Waals surface area contributed by atoms with Crippen molar-refractivity contribution in [2.24, 2.45) is 0 Å². The van der Waals surface area contributed by atoms with Crippen molar-refractivity contribution in [1.82, 2.24) is 5.32 Å². The summed E-state index contributed by atoms with van der Waals surface area (Å²) in [6.07, 6.45) is -2.57. The van der Waals surface area contributed by atoms with Gasteiger partial charge >= 0.3 is 12.1 Å². The molecule has 6 heteroatoms. The van der Waals surface area contributed by atoms with Crippen LogP contribution in [0.25, 0.3) is 0 Å². The van der Waals surface area contributed by atoms with Gasteiger partial charge in [0.15, 0.2) is 0 Å². The number of nitrogens with one attached hydrogen (secondary N) is 1. The number of amides is 1. The quantitative estimate of drug-likeness (QED) is 0.767. The lowest BCUT2D eigenvalue weighted by atomic mass is 10.2. The van der Waals surface area contributed by atoms with Gasteiger partial charge in [0.2, 0.25) is 6.23 Å². The second-order valence-corrected chi connectivity index (χ2v) is 4.11. The summed E-state index contributed by atoms with van der Waals surface area (Å²) in [5, 5.41) is 11.0. The second-order valence-electron chi connectivity index (χ2n) is 4.11. The molecule has 1 rings (SSSR count). The highest BCUT2D eigenvalue weighted by molar-refractivity contribution is 5.78. The number of carbonyl (C=O) groups is 2. The first kappa shape index (κ1) is 15.0. The van der Waals surface area contributed by atoms with E-state index in [1.807, 2.05) is 18.2 Å². The maximum absolute atomic E-state index is 11.4. The number of carboxylic acid groups (broad SMARTS) is 1. The van der Waals surface area contributed by atoms with Crippen LogP contribution in [0.15, 0.2) is 30.3 Å². The molecule has 1 atom stereocenters. The Morgan fingerprint density at radius 3 is 2.42 bits per heavy atom. The van der Waals surface area contributed by atoms with Crippen LogP contribution in [0.1, 0.15) is 19.4 Å². The molecule has 6 nitrogen and oxygen atoms in total. The molecule has 1 aromatic carbocycles. The number of hydrogen-bond donors (Lipinski definition) is 2. The minimum atomic E-state index is -1.41. The van der Waals surface area contributed by atoms with Gasteiger partial charge in [-0.25, -0.2) is 9.59 Å². The third-order valence-electron chi connectivity index (χ3n) is 2.09. The zero-order valence-electron chi connectivity index (χ0n) is 10.8. The van der Waals surface area contributed by atoms with E-state index in [9.17, 15) is 9.59 Å². The molecule has 0 unspecified atom stereocenters. The first-order valence-corrected chi connectivity index (χ1v) is 5.84. The molecule has 0 saturated carbocycles. The molecular weight excluding hydrogens is 250 g/mol. The molecule has 0 spiro atoms. The summed E-state index contributed by atoms with van der Waals surface area (Å²) >= 11 is 0. The van der Waals surface area contributed by atoms with Gasteiger partial charge in [0.25, 0.3) is 0 Å². The Kier molecular flexibility index (Phi) is 5.81. The van der Waals surface area contributed by atoms with Gasteiger partial charge in [-0.1, -0.05) is 30.3 Å². The first-order chi connectivity index (χ1) is 8.99. The maximum Gasteiger partial charge on any atom is 0.409 e. The van der Waals surface area contributed by atoms with Crippen molar-refractivity contribution in [1.29, 1.82) is 0 Å². The van der Waals surface area contributed by atoms with Crippen LogP contribution in [0.2, 0.25) is 0 Å². The zero-order chi connectivity index (χ0) is 14.3. The molecule has 104 valence electrons. The van der Waals surface area contributed by atoms with Crippen molar-refractivity contribution in [3.8, 4) is 0 Å². The van der Waals surface area contributed by atoms with Crippen LogP contribution in [0, 0.1) is 0 Å². The summed E-state index contributed by atoms with van der Waals surface area (Å²) in [5.74, 6) is -1.27. The third-order valence-corrected chi connectivity index (χ3v) is 2.09. The molecule has 1 aromatic rings. The highest BCUT2D eigenvalue weighted by Gasteiger charge is 2.22. The van der Waals surface area contributed by atoms with Gasteiger partial charge in [0.1, 0.15) is 6.61 Å². The Bertz CT molecular complexity index is 418. The lowest BCUT2D eigenvalue weighted by Gasteiger charge is -2.17. The molecule has 19 heavy (non-hydrogen) atoms. The van der Waals surface area contributed by atoms with E-state index in [4.69, 9.17) is 14.6 Å². The van der Waals surface area contributed by atoms with Gasteiger partial charge in [-0.15, -0.1) is 0 Å². The largest absolute Gasteiger partial charge is 0.478 e. The van der Waals surface area contributed by atoms with E-state index < -0.39 is 18.3 Å². The van der Waals surface area contributed by atoms with Crippen LogP contribution >= 0.6 is 0 Å². The molecule has 2 N–H and O–H groups in total.